The van der Waals surface area contributed by atoms with Gasteiger partial charge < -0.3 is 10.1 Å². The molecule has 0 saturated carbocycles. The normalized spacial score (nSPS) is 10.8. The van der Waals surface area contributed by atoms with Crippen molar-refractivity contribution in [2.45, 2.75) is 27.2 Å². The molecule has 1 N–H and O–H groups in total. The molecule has 0 unspecified atom stereocenters. The van der Waals surface area contributed by atoms with Gasteiger partial charge in [-0.05, 0) is 49.6 Å². The van der Waals surface area contributed by atoms with Crippen molar-refractivity contribution < 1.29 is 19.2 Å². The lowest BCUT2D eigenvalue weighted by Gasteiger charge is -2.06. The molecule has 0 spiro atoms. The lowest BCUT2D eigenvalue weighted by molar-refractivity contribution is -0.384. The van der Waals surface area contributed by atoms with Crippen molar-refractivity contribution in [1.82, 2.24) is 0 Å². The standard InChI is InChI=1S/C19H20N2O5S/c1-4-15-12(3)27-18(17(15)19(23)26-5-2)20-16(22)11-8-13-6-9-14(10-7-13)21(24)25/h6-11H,4-5H2,1-3H3,(H,20,22)/b11-8+. The number of esters is 1. The van der Waals surface area contributed by atoms with E-state index in [2.05, 4.69) is 5.32 Å². The molecule has 2 rings (SSSR count). The number of nitro benzene ring substituents is 1. The van der Waals surface area contributed by atoms with Gasteiger partial charge in [-0.25, -0.2) is 4.79 Å². The number of nitro groups is 1. The molecule has 1 heterocycles. The van der Waals surface area contributed by atoms with E-state index < -0.39 is 16.8 Å². The third-order valence-electron chi connectivity index (χ3n) is 3.81. The highest BCUT2D eigenvalue weighted by molar-refractivity contribution is 7.16. The van der Waals surface area contributed by atoms with Gasteiger partial charge in [0.15, 0.2) is 0 Å². The number of aryl methyl sites for hydroxylation is 1. The summed E-state index contributed by atoms with van der Waals surface area (Å²) in [5.74, 6) is -0.851. The number of hydrogen-bond acceptors (Lipinski definition) is 6. The predicted molar refractivity (Wildman–Crippen MR) is 105 cm³/mol. The summed E-state index contributed by atoms with van der Waals surface area (Å²) in [6.45, 7) is 5.82. The summed E-state index contributed by atoms with van der Waals surface area (Å²) in [7, 11) is 0. The first kappa shape index (κ1) is 20.3. The van der Waals surface area contributed by atoms with E-state index in [1.54, 1.807) is 25.1 Å². The fourth-order valence-corrected chi connectivity index (χ4v) is 3.68. The number of nitrogens with one attached hydrogen (secondary N) is 1. The highest BCUT2D eigenvalue weighted by Crippen LogP contribution is 2.34. The van der Waals surface area contributed by atoms with Crippen molar-refractivity contribution in [2.24, 2.45) is 0 Å². The maximum absolute atomic E-state index is 12.3. The first-order chi connectivity index (χ1) is 12.9. The molecule has 0 saturated heterocycles. The predicted octanol–water partition coefficient (Wildman–Crippen LogP) is 4.36. The Morgan fingerprint density at radius 3 is 2.48 bits per heavy atom. The zero-order chi connectivity index (χ0) is 20.0. The van der Waals surface area contributed by atoms with Crippen molar-refractivity contribution in [3.63, 3.8) is 0 Å². The summed E-state index contributed by atoms with van der Waals surface area (Å²) in [6.07, 6.45) is 3.52. The van der Waals surface area contributed by atoms with Crippen LogP contribution in [0.2, 0.25) is 0 Å². The van der Waals surface area contributed by atoms with Gasteiger partial charge >= 0.3 is 5.97 Å². The van der Waals surface area contributed by atoms with Gasteiger partial charge in [0.2, 0.25) is 5.91 Å². The Morgan fingerprint density at radius 1 is 1.26 bits per heavy atom. The van der Waals surface area contributed by atoms with Crippen LogP contribution >= 0.6 is 11.3 Å². The zero-order valence-electron chi connectivity index (χ0n) is 15.3. The third kappa shape index (κ3) is 5.01. The fourth-order valence-electron chi connectivity index (χ4n) is 2.54. The molecule has 0 radical (unpaired) electrons. The van der Waals surface area contributed by atoms with Crippen LogP contribution in [-0.2, 0) is 16.0 Å². The maximum Gasteiger partial charge on any atom is 0.341 e. The number of ether oxygens (including phenoxy) is 1. The van der Waals surface area contributed by atoms with Crippen LogP contribution in [0.1, 0.15) is 40.2 Å². The van der Waals surface area contributed by atoms with Crippen LogP contribution in [-0.4, -0.2) is 23.4 Å². The Bertz CT molecular complexity index is 884. The quantitative estimate of drug-likeness (QED) is 0.329. The fraction of sp³-hybridized carbons (Fsp3) is 0.263. The van der Waals surface area contributed by atoms with Crippen molar-refractivity contribution in [2.75, 3.05) is 11.9 Å². The minimum Gasteiger partial charge on any atom is -0.462 e. The highest BCUT2D eigenvalue weighted by atomic mass is 32.1. The van der Waals surface area contributed by atoms with Crippen molar-refractivity contribution in [3.05, 3.63) is 62.0 Å². The summed E-state index contributed by atoms with van der Waals surface area (Å²) in [5, 5.41) is 13.8. The monoisotopic (exact) mass is 388 g/mol. The molecule has 0 aliphatic rings. The molecular weight excluding hydrogens is 368 g/mol. The second-order valence-electron chi connectivity index (χ2n) is 5.59. The van der Waals surface area contributed by atoms with Gasteiger partial charge in [0.25, 0.3) is 5.69 Å². The van der Waals surface area contributed by atoms with Gasteiger partial charge in [0.1, 0.15) is 5.00 Å². The van der Waals surface area contributed by atoms with E-state index in [0.29, 0.717) is 22.5 Å². The van der Waals surface area contributed by atoms with Gasteiger partial charge in [-0.2, -0.15) is 0 Å². The zero-order valence-corrected chi connectivity index (χ0v) is 16.1. The molecule has 0 aliphatic heterocycles. The lowest BCUT2D eigenvalue weighted by Crippen LogP contribution is -2.13. The maximum atomic E-state index is 12.3. The van der Waals surface area contributed by atoms with Gasteiger partial charge in [-0.1, -0.05) is 6.92 Å². The SMILES string of the molecule is CCOC(=O)c1c(NC(=O)/C=C/c2ccc([N+](=O)[O-])cc2)sc(C)c1CC. The number of amides is 1. The molecular formula is C19H20N2O5S. The van der Waals surface area contributed by atoms with Crippen LogP contribution in [0.15, 0.2) is 30.3 Å². The van der Waals surface area contributed by atoms with Gasteiger partial charge in [-0.15, -0.1) is 11.3 Å². The number of hydrogen-bond donors (Lipinski definition) is 1. The number of thiophene rings is 1. The van der Waals surface area contributed by atoms with E-state index >= 15 is 0 Å². The van der Waals surface area contributed by atoms with Crippen LogP contribution in [0.5, 0.6) is 0 Å². The number of carbonyl (C=O) groups excluding carboxylic acids is 2. The smallest absolute Gasteiger partial charge is 0.341 e. The second-order valence-corrected chi connectivity index (χ2v) is 6.81. The minimum absolute atomic E-state index is 0.0168. The van der Waals surface area contributed by atoms with Crippen LogP contribution < -0.4 is 5.32 Å². The van der Waals surface area contributed by atoms with Crippen LogP contribution in [0.3, 0.4) is 0 Å². The van der Waals surface area contributed by atoms with Crippen molar-refractivity contribution in [3.8, 4) is 0 Å². The van der Waals surface area contributed by atoms with Crippen LogP contribution in [0.25, 0.3) is 6.08 Å². The van der Waals surface area contributed by atoms with E-state index in [4.69, 9.17) is 4.74 Å². The number of rotatable bonds is 7. The number of anilines is 1. The molecule has 0 aliphatic carbocycles. The molecule has 27 heavy (non-hydrogen) atoms. The second kappa shape index (κ2) is 9.09. The van der Waals surface area contributed by atoms with E-state index in [1.165, 1.54) is 29.5 Å². The van der Waals surface area contributed by atoms with Crippen molar-refractivity contribution >= 4 is 40.0 Å². The summed E-state index contributed by atoms with van der Waals surface area (Å²) >= 11 is 1.33. The number of nitrogens with zero attached hydrogens (tertiary/aromatic N) is 1. The largest absolute Gasteiger partial charge is 0.462 e. The Hall–Kier alpha value is -3.00. The molecule has 7 nitrogen and oxygen atoms in total. The molecule has 142 valence electrons. The molecule has 1 aromatic carbocycles. The van der Waals surface area contributed by atoms with E-state index in [1.807, 2.05) is 13.8 Å². The Morgan fingerprint density at radius 2 is 1.93 bits per heavy atom. The van der Waals surface area contributed by atoms with E-state index in [0.717, 1.165) is 10.4 Å². The van der Waals surface area contributed by atoms with Crippen LogP contribution in [0.4, 0.5) is 10.7 Å². The molecule has 0 fully saturated rings. The molecule has 2 aromatic rings. The molecule has 0 bridgehead atoms. The van der Waals surface area contributed by atoms with E-state index in [-0.39, 0.29) is 12.3 Å². The number of benzene rings is 1. The van der Waals surface area contributed by atoms with Crippen molar-refractivity contribution in [1.29, 1.82) is 0 Å². The summed E-state index contributed by atoms with van der Waals surface area (Å²) < 4.78 is 5.11. The Balaban J connectivity index is 2.17. The highest BCUT2D eigenvalue weighted by Gasteiger charge is 2.22. The molecule has 0 atom stereocenters. The summed E-state index contributed by atoms with van der Waals surface area (Å²) in [4.78, 5) is 35.6. The Labute approximate surface area is 160 Å². The molecule has 1 amide bonds. The van der Waals surface area contributed by atoms with Gasteiger partial charge in [0.05, 0.1) is 17.1 Å². The van der Waals surface area contributed by atoms with Gasteiger partial charge in [-0.3, -0.25) is 14.9 Å². The molecule has 1 aromatic heterocycles. The average molecular weight is 388 g/mol. The first-order valence-electron chi connectivity index (χ1n) is 8.40. The first-order valence-corrected chi connectivity index (χ1v) is 9.21. The topological polar surface area (TPSA) is 98.5 Å². The summed E-state index contributed by atoms with van der Waals surface area (Å²) in [5.41, 5.74) is 1.90. The van der Waals surface area contributed by atoms with Gasteiger partial charge in [0, 0.05) is 23.1 Å². The summed E-state index contributed by atoms with van der Waals surface area (Å²) in [6, 6.07) is 5.84. The molecule has 8 heteroatoms. The van der Waals surface area contributed by atoms with Crippen LogP contribution in [0, 0.1) is 17.0 Å². The Kier molecular flexibility index (Phi) is 6.84. The lowest BCUT2D eigenvalue weighted by atomic mass is 10.1. The minimum atomic E-state index is -0.485. The number of non-ortho nitro benzene ring substituents is 1. The van der Waals surface area contributed by atoms with E-state index in [9.17, 15) is 19.7 Å². The third-order valence-corrected chi connectivity index (χ3v) is 4.87. The number of carbonyl (C=O) groups is 2. The average Bonchev–Trinajstić information content (AvgIpc) is 2.95.